The van der Waals surface area contributed by atoms with Crippen LogP contribution in [0.5, 0.6) is 0 Å². The maximum atomic E-state index is 12.6. The van der Waals surface area contributed by atoms with Crippen molar-refractivity contribution in [2.45, 2.75) is 26.3 Å². The first-order valence-electron chi connectivity index (χ1n) is 7.47. The summed E-state index contributed by atoms with van der Waals surface area (Å²) in [7, 11) is 0. The third-order valence-corrected chi connectivity index (χ3v) is 4.79. The number of amides is 1. The second-order valence-corrected chi connectivity index (χ2v) is 6.25. The van der Waals surface area contributed by atoms with Gasteiger partial charge in [0, 0.05) is 23.6 Å². The largest absolute Gasteiger partial charge is 0.347 e. The van der Waals surface area contributed by atoms with Crippen LogP contribution in [-0.2, 0) is 13.0 Å². The lowest BCUT2D eigenvalue weighted by Crippen LogP contribution is -2.22. The average molecular weight is 310 g/mol. The summed E-state index contributed by atoms with van der Waals surface area (Å²) in [6.45, 7) is 2.65. The van der Waals surface area contributed by atoms with Crippen LogP contribution in [0.15, 0.2) is 48.8 Å². The number of pyridine rings is 1. The van der Waals surface area contributed by atoms with E-state index in [0.29, 0.717) is 6.54 Å². The third-order valence-electron chi connectivity index (χ3n) is 3.58. The third kappa shape index (κ3) is 3.02. The molecule has 1 aromatic carbocycles. The first kappa shape index (κ1) is 14.7. The Bertz CT molecular complexity index is 780. The quantitative estimate of drug-likeness (QED) is 0.768. The molecule has 3 rings (SSSR count). The highest BCUT2D eigenvalue weighted by atomic mass is 32.1. The smallest absolute Gasteiger partial charge is 0.261 e. The van der Waals surface area contributed by atoms with Crippen LogP contribution in [0, 0.1) is 0 Å². The molecule has 2 heterocycles. The molecule has 1 amide bonds. The molecule has 0 saturated carbocycles. The van der Waals surface area contributed by atoms with E-state index < -0.39 is 0 Å². The minimum absolute atomic E-state index is 0.00787. The zero-order valence-electron chi connectivity index (χ0n) is 12.5. The van der Waals surface area contributed by atoms with Crippen LogP contribution < -0.4 is 5.32 Å². The Morgan fingerprint density at radius 3 is 2.86 bits per heavy atom. The second-order valence-electron chi connectivity index (χ2n) is 5.20. The molecule has 0 fully saturated rings. The molecule has 22 heavy (non-hydrogen) atoms. The first-order valence-corrected chi connectivity index (χ1v) is 8.28. The van der Waals surface area contributed by atoms with E-state index in [0.717, 1.165) is 23.3 Å². The van der Waals surface area contributed by atoms with Crippen LogP contribution in [-0.4, -0.2) is 10.9 Å². The van der Waals surface area contributed by atoms with Gasteiger partial charge in [-0.3, -0.25) is 9.78 Å². The van der Waals surface area contributed by atoms with Crippen molar-refractivity contribution in [2.75, 3.05) is 0 Å². The van der Waals surface area contributed by atoms with E-state index in [9.17, 15) is 4.79 Å². The van der Waals surface area contributed by atoms with Crippen LogP contribution in [0.4, 0.5) is 0 Å². The number of nitrogens with one attached hydrogen (secondary N) is 1. The minimum Gasteiger partial charge on any atom is -0.347 e. The van der Waals surface area contributed by atoms with Gasteiger partial charge in [-0.1, -0.05) is 37.6 Å². The number of aryl methyl sites for hydroxylation is 1. The topological polar surface area (TPSA) is 42.0 Å². The predicted molar refractivity (Wildman–Crippen MR) is 91.2 cm³/mol. The fourth-order valence-electron chi connectivity index (χ4n) is 2.55. The van der Waals surface area contributed by atoms with Gasteiger partial charge in [-0.25, -0.2) is 0 Å². The Morgan fingerprint density at radius 1 is 1.23 bits per heavy atom. The molecule has 0 aliphatic carbocycles. The number of carbonyl (C=O) groups is 1. The van der Waals surface area contributed by atoms with E-state index >= 15 is 0 Å². The molecule has 0 bridgehead atoms. The van der Waals surface area contributed by atoms with Gasteiger partial charge in [0.15, 0.2) is 0 Å². The summed E-state index contributed by atoms with van der Waals surface area (Å²) in [6, 6.07) is 12.1. The van der Waals surface area contributed by atoms with E-state index in [1.807, 2.05) is 24.3 Å². The summed E-state index contributed by atoms with van der Waals surface area (Å²) >= 11 is 1.58. The molecular weight excluding hydrogens is 292 g/mol. The van der Waals surface area contributed by atoms with Gasteiger partial charge in [0.05, 0.1) is 4.88 Å². The van der Waals surface area contributed by atoms with Crippen LogP contribution in [0.1, 0.15) is 34.1 Å². The maximum absolute atomic E-state index is 12.6. The van der Waals surface area contributed by atoms with Crippen molar-refractivity contribution in [3.63, 3.8) is 0 Å². The molecule has 4 heteroatoms. The molecule has 0 saturated heterocycles. The molecule has 3 aromatic rings. The van der Waals surface area contributed by atoms with Crippen molar-refractivity contribution in [2.24, 2.45) is 0 Å². The Labute approximate surface area is 134 Å². The van der Waals surface area contributed by atoms with E-state index in [2.05, 4.69) is 29.4 Å². The van der Waals surface area contributed by atoms with Crippen molar-refractivity contribution >= 4 is 27.3 Å². The first-order chi connectivity index (χ1) is 10.8. The van der Waals surface area contributed by atoms with E-state index in [1.165, 1.54) is 15.6 Å². The van der Waals surface area contributed by atoms with E-state index in [-0.39, 0.29) is 5.91 Å². The number of carbonyl (C=O) groups excluding carboxylic acids is 1. The highest BCUT2D eigenvalue weighted by molar-refractivity contribution is 7.21. The molecule has 3 nitrogen and oxygen atoms in total. The molecule has 2 aromatic heterocycles. The van der Waals surface area contributed by atoms with E-state index in [4.69, 9.17) is 0 Å². The van der Waals surface area contributed by atoms with Gasteiger partial charge in [-0.05, 0) is 35.1 Å². The summed E-state index contributed by atoms with van der Waals surface area (Å²) in [5, 5.41) is 4.22. The Balaban J connectivity index is 1.85. The van der Waals surface area contributed by atoms with Crippen LogP contribution in [0.3, 0.4) is 0 Å². The van der Waals surface area contributed by atoms with Crippen molar-refractivity contribution < 1.29 is 4.79 Å². The Morgan fingerprint density at radius 2 is 2.09 bits per heavy atom. The highest BCUT2D eigenvalue weighted by Gasteiger charge is 2.17. The number of hydrogen-bond acceptors (Lipinski definition) is 3. The van der Waals surface area contributed by atoms with Gasteiger partial charge in [-0.15, -0.1) is 11.3 Å². The van der Waals surface area contributed by atoms with E-state index in [1.54, 1.807) is 23.7 Å². The molecule has 0 aliphatic heterocycles. The second kappa shape index (κ2) is 6.71. The number of rotatable bonds is 5. The lowest BCUT2D eigenvalue weighted by Gasteiger charge is -2.06. The van der Waals surface area contributed by atoms with Crippen LogP contribution in [0.25, 0.3) is 10.1 Å². The molecule has 1 N–H and O–H groups in total. The fraction of sp³-hybridized carbons (Fsp3) is 0.222. The average Bonchev–Trinajstić information content (AvgIpc) is 2.93. The lowest BCUT2D eigenvalue weighted by atomic mass is 10.1. The Kier molecular flexibility index (Phi) is 4.49. The molecular formula is C18H18N2OS. The maximum Gasteiger partial charge on any atom is 0.261 e. The van der Waals surface area contributed by atoms with Crippen molar-refractivity contribution in [3.05, 3.63) is 64.8 Å². The molecule has 0 aliphatic rings. The zero-order chi connectivity index (χ0) is 15.4. The molecule has 0 spiro atoms. The monoisotopic (exact) mass is 310 g/mol. The standard InChI is InChI=1S/C18H18N2OS/c1-2-6-15-14-8-3-4-9-16(14)22-17(15)18(21)20-12-13-7-5-10-19-11-13/h3-5,7-11H,2,6,12H2,1H3,(H,20,21). The number of hydrogen-bond donors (Lipinski definition) is 1. The Hall–Kier alpha value is -2.20. The molecule has 0 unspecified atom stereocenters. The van der Waals surface area contributed by atoms with Crippen molar-refractivity contribution in [3.8, 4) is 0 Å². The number of nitrogens with zero attached hydrogens (tertiary/aromatic N) is 1. The summed E-state index contributed by atoms with van der Waals surface area (Å²) in [4.78, 5) is 17.5. The van der Waals surface area contributed by atoms with Gasteiger partial charge in [0.2, 0.25) is 0 Å². The van der Waals surface area contributed by atoms with Gasteiger partial charge in [-0.2, -0.15) is 0 Å². The number of benzene rings is 1. The van der Waals surface area contributed by atoms with Crippen molar-refractivity contribution in [1.29, 1.82) is 0 Å². The number of aromatic nitrogens is 1. The molecule has 0 radical (unpaired) electrons. The number of fused-ring (bicyclic) bond motifs is 1. The van der Waals surface area contributed by atoms with Crippen LogP contribution >= 0.6 is 11.3 Å². The van der Waals surface area contributed by atoms with Gasteiger partial charge in [0.25, 0.3) is 5.91 Å². The van der Waals surface area contributed by atoms with Crippen LogP contribution in [0.2, 0.25) is 0 Å². The summed E-state index contributed by atoms with van der Waals surface area (Å²) in [5.41, 5.74) is 2.18. The summed E-state index contributed by atoms with van der Waals surface area (Å²) < 4.78 is 1.18. The van der Waals surface area contributed by atoms with Crippen molar-refractivity contribution in [1.82, 2.24) is 10.3 Å². The summed E-state index contributed by atoms with van der Waals surface area (Å²) in [6.07, 6.45) is 5.47. The van der Waals surface area contributed by atoms with Gasteiger partial charge in [0.1, 0.15) is 0 Å². The lowest BCUT2D eigenvalue weighted by molar-refractivity contribution is 0.0954. The molecule has 0 atom stereocenters. The minimum atomic E-state index is 0.00787. The van der Waals surface area contributed by atoms with Gasteiger partial charge < -0.3 is 5.32 Å². The molecule has 112 valence electrons. The summed E-state index contributed by atoms with van der Waals surface area (Å²) in [5.74, 6) is 0.00787. The fourth-order valence-corrected chi connectivity index (χ4v) is 3.71. The normalized spacial score (nSPS) is 10.8. The zero-order valence-corrected chi connectivity index (χ0v) is 13.3. The predicted octanol–water partition coefficient (Wildman–Crippen LogP) is 4.18. The highest BCUT2D eigenvalue weighted by Crippen LogP contribution is 2.32. The number of thiophene rings is 1. The SMILES string of the molecule is CCCc1c(C(=O)NCc2cccnc2)sc2ccccc12. The van der Waals surface area contributed by atoms with Gasteiger partial charge >= 0.3 is 0 Å².